The molecule has 0 radical (unpaired) electrons. The fourth-order valence-electron chi connectivity index (χ4n) is 2.11. The molecule has 1 aliphatic carbocycles. The molecule has 5 nitrogen and oxygen atoms in total. The number of rotatable bonds is 7. The van der Waals surface area contributed by atoms with Crippen molar-refractivity contribution in [3.05, 3.63) is 39.7 Å². The van der Waals surface area contributed by atoms with E-state index in [1.165, 1.54) is 17.5 Å². The highest BCUT2D eigenvalue weighted by Crippen LogP contribution is 2.29. The van der Waals surface area contributed by atoms with Gasteiger partial charge >= 0.3 is 0 Å². The van der Waals surface area contributed by atoms with E-state index in [1.54, 1.807) is 12.1 Å². The van der Waals surface area contributed by atoms with Crippen LogP contribution in [-0.2, 0) is 10.0 Å². The topological polar surface area (TPSA) is 71.1 Å². The van der Waals surface area contributed by atoms with Crippen LogP contribution in [0.15, 0.2) is 35.4 Å². The lowest BCUT2D eigenvalue weighted by molar-refractivity contribution is 0.577. The molecule has 8 heteroatoms. The van der Waals surface area contributed by atoms with Crippen LogP contribution in [0.2, 0.25) is 4.34 Å². The number of sulfonamides is 1. The van der Waals surface area contributed by atoms with Crippen LogP contribution in [0.1, 0.15) is 30.7 Å². The number of nitrogens with one attached hydrogen (secondary N) is 2. The van der Waals surface area contributed by atoms with Crippen molar-refractivity contribution in [3.8, 4) is 0 Å². The Kier molecular flexibility index (Phi) is 4.91. The van der Waals surface area contributed by atoms with Crippen molar-refractivity contribution in [2.75, 3.05) is 11.9 Å². The molecule has 2 N–H and O–H groups in total. The highest BCUT2D eigenvalue weighted by atomic mass is 35.5. The van der Waals surface area contributed by atoms with Gasteiger partial charge in [-0.15, -0.1) is 11.3 Å². The first-order valence-electron chi connectivity index (χ1n) is 7.41. The summed E-state index contributed by atoms with van der Waals surface area (Å²) in [5, 5.41) is 3.24. The molecule has 0 aromatic carbocycles. The van der Waals surface area contributed by atoms with Gasteiger partial charge in [0.25, 0.3) is 0 Å². The fourth-order valence-corrected chi connectivity index (χ4v) is 4.24. The van der Waals surface area contributed by atoms with E-state index in [1.807, 2.05) is 19.1 Å². The molecule has 1 saturated carbocycles. The quantitative estimate of drug-likeness (QED) is 0.779. The van der Waals surface area contributed by atoms with Gasteiger partial charge in [0.15, 0.2) is 0 Å². The van der Waals surface area contributed by atoms with E-state index in [2.05, 4.69) is 15.0 Å². The second-order valence-corrected chi connectivity index (χ2v) is 9.20. The molecule has 1 atom stereocenters. The normalized spacial score (nSPS) is 16.3. The van der Waals surface area contributed by atoms with E-state index in [-0.39, 0.29) is 10.9 Å². The number of pyridine rings is 1. The smallest absolute Gasteiger partial charge is 0.242 e. The average molecular weight is 372 g/mol. The molecule has 2 aromatic rings. The highest BCUT2D eigenvalue weighted by Gasteiger charge is 2.24. The zero-order valence-corrected chi connectivity index (χ0v) is 15.0. The molecule has 1 unspecified atom stereocenters. The molecule has 1 aliphatic rings. The molecule has 0 amide bonds. The van der Waals surface area contributed by atoms with Crippen LogP contribution in [0.3, 0.4) is 0 Å². The van der Waals surface area contributed by atoms with Crippen LogP contribution in [0, 0.1) is 5.92 Å². The molecule has 2 heterocycles. The van der Waals surface area contributed by atoms with Gasteiger partial charge in [0.1, 0.15) is 10.7 Å². The Labute approximate surface area is 145 Å². The summed E-state index contributed by atoms with van der Waals surface area (Å²) < 4.78 is 27.6. The number of aromatic nitrogens is 1. The Morgan fingerprint density at radius 3 is 2.70 bits per heavy atom. The monoisotopic (exact) mass is 371 g/mol. The SMILES string of the molecule is CC(Nc1ccc(S(=O)(=O)NCC2CC2)cn1)c1ccc(Cl)s1. The number of hydrogen-bond donors (Lipinski definition) is 2. The summed E-state index contributed by atoms with van der Waals surface area (Å²) in [4.78, 5) is 5.49. The summed E-state index contributed by atoms with van der Waals surface area (Å²) in [5.74, 6) is 1.13. The molecular formula is C15H18ClN3O2S2. The molecule has 0 spiro atoms. The van der Waals surface area contributed by atoms with Crippen LogP contribution in [0.25, 0.3) is 0 Å². The number of halogens is 1. The van der Waals surface area contributed by atoms with E-state index in [0.29, 0.717) is 18.3 Å². The van der Waals surface area contributed by atoms with Gasteiger partial charge < -0.3 is 5.32 Å². The molecule has 0 aliphatic heterocycles. The minimum absolute atomic E-state index is 0.0513. The first-order chi connectivity index (χ1) is 10.9. The molecule has 124 valence electrons. The third-order valence-corrected chi connectivity index (χ3v) is 6.51. The van der Waals surface area contributed by atoms with Gasteiger partial charge in [-0.2, -0.15) is 0 Å². The van der Waals surface area contributed by atoms with E-state index in [9.17, 15) is 8.42 Å². The Hall–Kier alpha value is -1.15. The highest BCUT2D eigenvalue weighted by molar-refractivity contribution is 7.89. The summed E-state index contributed by atoms with van der Waals surface area (Å²) in [7, 11) is -3.47. The first-order valence-corrected chi connectivity index (χ1v) is 10.1. The standard InChI is InChI=1S/C15H18ClN3O2S2/c1-10(13-5-6-14(16)22-13)19-15-7-4-12(9-17-15)23(20,21)18-8-11-2-3-11/h4-7,9-11,18H,2-3,8H2,1H3,(H,17,19). The Balaban J connectivity index is 1.64. The van der Waals surface area contributed by atoms with E-state index < -0.39 is 10.0 Å². The second kappa shape index (κ2) is 6.76. The van der Waals surface area contributed by atoms with Crippen molar-refractivity contribution >= 4 is 38.8 Å². The Morgan fingerprint density at radius 1 is 1.35 bits per heavy atom. The van der Waals surface area contributed by atoms with Crippen molar-refractivity contribution in [2.45, 2.75) is 30.7 Å². The van der Waals surface area contributed by atoms with Crippen molar-refractivity contribution < 1.29 is 8.42 Å². The maximum atomic E-state index is 12.1. The van der Waals surface area contributed by atoms with Crippen LogP contribution in [-0.4, -0.2) is 19.9 Å². The van der Waals surface area contributed by atoms with Gasteiger partial charge in [-0.25, -0.2) is 18.1 Å². The zero-order valence-electron chi connectivity index (χ0n) is 12.6. The number of nitrogens with zero attached hydrogens (tertiary/aromatic N) is 1. The van der Waals surface area contributed by atoms with Gasteiger partial charge in [0.2, 0.25) is 10.0 Å². The zero-order chi connectivity index (χ0) is 16.4. The van der Waals surface area contributed by atoms with Gasteiger partial charge in [-0.1, -0.05) is 11.6 Å². The maximum absolute atomic E-state index is 12.1. The molecule has 3 rings (SSSR count). The Morgan fingerprint density at radius 2 is 2.13 bits per heavy atom. The van der Waals surface area contributed by atoms with Crippen LogP contribution >= 0.6 is 22.9 Å². The van der Waals surface area contributed by atoms with Gasteiger partial charge in [0.05, 0.1) is 10.4 Å². The third-order valence-electron chi connectivity index (χ3n) is 3.69. The molecular weight excluding hydrogens is 354 g/mol. The lowest BCUT2D eigenvalue weighted by Crippen LogP contribution is -2.26. The summed E-state index contributed by atoms with van der Waals surface area (Å²) in [6, 6.07) is 7.12. The van der Waals surface area contributed by atoms with E-state index >= 15 is 0 Å². The van der Waals surface area contributed by atoms with Crippen molar-refractivity contribution in [1.29, 1.82) is 0 Å². The molecule has 0 bridgehead atoms. The Bertz CT molecular complexity index is 770. The molecule has 0 saturated heterocycles. The molecule has 1 fully saturated rings. The van der Waals surface area contributed by atoms with Crippen LogP contribution in [0.4, 0.5) is 5.82 Å². The summed E-state index contributed by atoms with van der Waals surface area (Å²) in [6.07, 6.45) is 3.59. The van der Waals surface area contributed by atoms with E-state index in [4.69, 9.17) is 11.6 Å². The number of thiophene rings is 1. The minimum atomic E-state index is -3.47. The van der Waals surface area contributed by atoms with Crippen molar-refractivity contribution in [3.63, 3.8) is 0 Å². The van der Waals surface area contributed by atoms with Crippen LogP contribution in [0.5, 0.6) is 0 Å². The van der Waals surface area contributed by atoms with Gasteiger partial charge in [0, 0.05) is 17.6 Å². The van der Waals surface area contributed by atoms with Crippen LogP contribution < -0.4 is 10.0 Å². The maximum Gasteiger partial charge on any atom is 0.242 e. The lowest BCUT2D eigenvalue weighted by atomic mass is 10.3. The van der Waals surface area contributed by atoms with Gasteiger partial charge in [-0.3, -0.25) is 0 Å². The molecule has 2 aromatic heterocycles. The van der Waals surface area contributed by atoms with Crippen molar-refractivity contribution in [1.82, 2.24) is 9.71 Å². The largest absolute Gasteiger partial charge is 0.363 e. The number of anilines is 1. The third kappa shape index (κ3) is 4.44. The number of hydrogen-bond acceptors (Lipinski definition) is 5. The first kappa shape index (κ1) is 16.7. The lowest BCUT2D eigenvalue weighted by Gasteiger charge is -2.13. The fraction of sp³-hybridized carbons (Fsp3) is 0.400. The predicted molar refractivity (Wildman–Crippen MR) is 93.5 cm³/mol. The van der Waals surface area contributed by atoms with Gasteiger partial charge in [-0.05, 0) is 49.9 Å². The molecule has 23 heavy (non-hydrogen) atoms. The second-order valence-electron chi connectivity index (χ2n) is 5.68. The summed E-state index contributed by atoms with van der Waals surface area (Å²) >= 11 is 7.44. The predicted octanol–water partition coefficient (Wildman–Crippen LogP) is 3.66. The minimum Gasteiger partial charge on any atom is -0.363 e. The van der Waals surface area contributed by atoms with Crippen molar-refractivity contribution in [2.24, 2.45) is 5.92 Å². The summed E-state index contributed by atoms with van der Waals surface area (Å²) in [5.41, 5.74) is 0. The van der Waals surface area contributed by atoms with E-state index in [0.717, 1.165) is 22.1 Å². The summed E-state index contributed by atoms with van der Waals surface area (Å²) in [6.45, 7) is 2.52. The average Bonchev–Trinajstić information content (AvgIpc) is 3.25.